The second-order valence-corrected chi connectivity index (χ2v) is 6.39. The maximum absolute atomic E-state index is 11.0. The number of hydrogen-bond acceptors (Lipinski definition) is 8. The quantitative estimate of drug-likeness (QED) is 0.326. The first kappa shape index (κ1) is 17.6. The molecule has 2 aromatic carbocycles. The number of hydrogen-bond donors (Lipinski definition) is 0. The molecule has 3 heterocycles. The van der Waals surface area contributed by atoms with E-state index in [0.29, 0.717) is 28.6 Å². The minimum absolute atomic E-state index is 0.0220. The van der Waals surface area contributed by atoms with E-state index in [-0.39, 0.29) is 12.3 Å². The van der Waals surface area contributed by atoms with Crippen LogP contribution in [0.3, 0.4) is 0 Å². The predicted octanol–water partition coefficient (Wildman–Crippen LogP) is 3.22. The molecule has 5 aromatic rings. The standard InChI is InChI=1S/C20H13N7O3/c28-27(29)14-5-3-4-13(10-14)17-11-22-20-24-23-19(26(20)25-17)12-30-18-8-9-21-16-7-2-1-6-15(16)18/h1-11H,12H2. The first-order valence-corrected chi connectivity index (χ1v) is 8.98. The minimum Gasteiger partial charge on any atom is -0.485 e. The number of nitrogens with zero attached hydrogens (tertiary/aromatic N) is 7. The second-order valence-electron chi connectivity index (χ2n) is 6.39. The molecule has 0 saturated heterocycles. The molecular weight excluding hydrogens is 386 g/mol. The van der Waals surface area contributed by atoms with Gasteiger partial charge in [-0.3, -0.25) is 15.1 Å². The van der Waals surface area contributed by atoms with Crippen LogP contribution in [0.4, 0.5) is 5.69 Å². The fourth-order valence-corrected chi connectivity index (χ4v) is 3.08. The minimum atomic E-state index is -0.452. The Kier molecular flexibility index (Phi) is 4.21. The molecule has 0 fully saturated rings. The Labute approximate surface area is 169 Å². The third-order valence-electron chi connectivity index (χ3n) is 4.52. The first-order valence-electron chi connectivity index (χ1n) is 8.98. The van der Waals surface area contributed by atoms with E-state index in [9.17, 15) is 10.1 Å². The molecule has 0 amide bonds. The predicted molar refractivity (Wildman–Crippen MR) is 107 cm³/mol. The molecule has 0 unspecified atom stereocenters. The largest absolute Gasteiger partial charge is 0.485 e. The lowest BCUT2D eigenvalue weighted by Crippen LogP contribution is -2.06. The Morgan fingerprint density at radius 3 is 2.83 bits per heavy atom. The van der Waals surface area contributed by atoms with Crippen molar-refractivity contribution < 1.29 is 9.66 Å². The van der Waals surface area contributed by atoms with E-state index in [0.717, 1.165) is 10.9 Å². The maximum Gasteiger partial charge on any atom is 0.272 e. The molecule has 0 aliphatic rings. The van der Waals surface area contributed by atoms with Crippen LogP contribution in [-0.2, 0) is 6.61 Å². The lowest BCUT2D eigenvalue weighted by molar-refractivity contribution is -0.384. The lowest BCUT2D eigenvalue weighted by Gasteiger charge is -2.08. The summed E-state index contributed by atoms with van der Waals surface area (Å²) in [4.78, 5) is 19.2. The van der Waals surface area contributed by atoms with Crippen LogP contribution < -0.4 is 4.74 Å². The third kappa shape index (κ3) is 3.15. The number of rotatable bonds is 5. The van der Waals surface area contributed by atoms with Crippen LogP contribution in [0.2, 0.25) is 0 Å². The maximum atomic E-state index is 11.0. The smallest absolute Gasteiger partial charge is 0.272 e. The van der Waals surface area contributed by atoms with Crippen molar-refractivity contribution in [1.29, 1.82) is 0 Å². The summed E-state index contributed by atoms with van der Waals surface area (Å²) >= 11 is 0. The molecule has 0 saturated carbocycles. The van der Waals surface area contributed by atoms with Gasteiger partial charge in [0.25, 0.3) is 11.5 Å². The highest BCUT2D eigenvalue weighted by atomic mass is 16.6. The molecule has 0 radical (unpaired) electrons. The second kappa shape index (κ2) is 7.17. The van der Waals surface area contributed by atoms with Crippen LogP contribution in [-0.4, -0.2) is 34.7 Å². The zero-order valence-corrected chi connectivity index (χ0v) is 15.4. The topological polar surface area (TPSA) is 121 Å². The number of fused-ring (bicyclic) bond motifs is 2. The first-order chi connectivity index (χ1) is 14.7. The van der Waals surface area contributed by atoms with E-state index < -0.39 is 4.92 Å². The van der Waals surface area contributed by atoms with Crippen LogP contribution in [0, 0.1) is 10.1 Å². The molecule has 146 valence electrons. The van der Waals surface area contributed by atoms with Gasteiger partial charge >= 0.3 is 0 Å². The van der Waals surface area contributed by atoms with Crippen LogP contribution in [0.1, 0.15) is 5.82 Å². The van der Waals surface area contributed by atoms with Crippen LogP contribution in [0.25, 0.3) is 27.9 Å². The number of non-ortho nitro benzene ring substituents is 1. The van der Waals surface area contributed by atoms with Crippen LogP contribution >= 0.6 is 0 Å². The average Bonchev–Trinajstić information content (AvgIpc) is 3.20. The number of benzene rings is 2. The highest BCUT2D eigenvalue weighted by molar-refractivity contribution is 5.84. The zero-order chi connectivity index (χ0) is 20.5. The number of aromatic nitrogens is 6. The highest BCUT2D eigenvalue weighted by Gasteiger charge is 2.13. The molecule has 3 aromatic heterocycles. The van der Waals surface area contributed by atoms with Crippen molar-refractivity contribution in [3.8, 4) is 17.0 Å². The van der Waals surface area contributed by atoms with Gasteiger partial charge in [-0.1, -0.05) is 24.3 Å². The summed E-state index contributed by atoms with van der Waals surface area (Å²) < 4.78 is 7.42. The fraction of sp³-hybridized carbons (Fsp3) is 0.0500. The number of nitro benzene ring substituents is 1. The Bertz CT molecular complexity index is 1390. The van der Waals surface area contributed by atoms with Gasteiger partial charge in [-0.05, 0) is 18.2 Å². The monoisotopic (exact) mass is 399 g/mol. The number of pyridine rings is 1. The Balaban J connectivity index is 1.48. The van der Waals surface area contributed by atoms with Crippen molar-refractivity contribution in [2.45, 2.75) is 6.61 Å². The SMILES string of the molecule is O=[N+]([O-])c1cccc(-c2cnc3nnc(COc4ccnc5ccccc45)n3n2)c1. The lowest BCUT2D eigenvalue weighted by atomic mass is 10.1. The summed E-state index contributed by atoms with van der Waals surface area (Å²) in [6.45, 7) is 0.113. The zero-order valence-electron chi connectivity index (χ0n) is 15.4. The van der Waals surface area contributed by atoms with Crippen LogP contribution in [0.15, 0.2) is 67.0 Å². The summed E-state index contributed by atoms with van der Waals surface area (Å²) in [7, 11) is 0. The van der Waals surface area contributed by atoms with Gasteiger partial charge in [0.1, 0.15) is 18.1 Å². The normalized spacial score (nSPS) is 11.1. The van der Waals surface area contributed by atoms with Gasteiger partial charge < -0.3 is 4.74 Å². The Morgan fingerprint density at radius 2 is 1.93 bits per heavy atom. The Hall–Kier alpha value is -4.47. The van der Waals surface area contributed by atoms with Gasteiger partial charge in [0, 0.05) is 29.3 Å². The van der Waals surface area contributed by atoms with Crippen molar-refractivity contribution in [1.82, 2.24) is 29.8 Å². The number of nitro groups is 1. The van der Waals surface area contributed by atoms with Crippen molar-refractivity contribution in [2.24, 2.45) is 0 Å². The summed E-state index contributed by atoms with van der Waals surface area (Å²) in [5.74, 6) is 1.42. The molecule has 10 heteroatoms. The van der Waals surface area contributed by atoms with Gasteiger partial charge in [-0.2, -0.15) is 9.61 Å². The number of ether oxygens (including phenoxy) is 1. The molecule has 0 N–H and O–H groups in total. The molecule has 0 aliphatic heterocycles. The summed E-state index contributed by atoms with van der Waals surface area (Å²) in [6.07, 6.45) is 3.18. The van der Waals surface area contributed by atoms with Crippen molar-refractivity contribution >= 4 is 22.4 Å². The molecule has 0 bridgehead atoms. The van der Waals surface area contributed by atoms with E-state index >= 15 is 0 Å². The van der Waals surface area contributed by atoms with Crippen molar-refractivity contribution in [3.05, 3.63) is 82.9 Å². The molecule has 5 rings (SSSR count). The van der Waals surface area contributed by atoms with Gasteiger partial charge in [-0.25, -0.2) is 4.98 Å². The molecule has 10 nitrogen and oxygen atoms in total. The molecule has 0 aliphatic carbocycles. The van der Waals surface area contributed by atoms with Gasteiger partial charge in [0.05, 0.1) is 16.6 Å². The van der Waals surface area contributed by atoms with E-state index in [1.165, 1.54) is 22.8 Å². The third-order valence-corrected chi connectivity index (χ3v) is 4.52. The molecular formula is C20H13N7O3. The van der Waals surface area contributed by atoms with Gasteiger partial charge in [0.15, 0.2) is 5.82 Å². The van der Waals surface area contributed by atoms with E-state index in [2.05, 4.69) is 25.3 Å². The number of para-hydroxylation sites is 1. The molecule has 0 spiro atoms. The Morgan fingerprint density at radius 1 is 1.03 bits per heavy atom. The van der Waals surface area contributed by atoms with Gasteiger partial charge in [-0.15, -0.1) is 10.2 Å². The van der Waals surface area contributed by atoms with E-state index in [1.807, 2.05) is 24.3 Å². The van der Waals surface area contributed by atoms with E-state index in [1.54, 1.807) is 24.4 Å². The van der Waals surface area contributed by atoms with E-state index in [4.69, 9.17) is 4.74 Å². The highest BCUT2D eigenvalue weighted by Crippen LogP contribution is 2.24. The van der Waals surface area contributed by atoms with Gasteiger partial charge in [0.2, 0.25) is 0 Å². The fourth-order valence-electron chi connectivity index (χ4n) is 3.08. The van der Waals surface area contributed by atoms with Crippen molar-refractivity contribution in [2.75, 3.05) is 0 Å². The summed E-state index contributed by atoms with van der Waals surface area (Å²) in [5.41, 5.74) is 1.83. The summed E-state index contributed by atoms with van der Waals surface area (Å²) in [5, 5.41) is 24.5. The molecule has 0 atom stereocenters. The van der Waals surface area contributed by atoms with Crippen molar-refractivity contribution in [3.63, 3.8) is 0 Å². The average molecular weight is 399 g/mol. The van der Waals surface area contributed by atoms with Crippen LogP contribution in [0.5, 0.6) is 5.75 Å². The molecule has 30 heavy (non-hydrogen) atoms. The summed E-state index contributed by atoms with van der Waals surface area (Å²) in [6, 6.07) is 15.6.